The quantitative estimate of drug-likeness (QED) is 0.454. The molecule has 0 radical (unpaired) electrons. The number of aromatic hydroxyl groups is 1. The highest BCUT2D eigenvalue weighted by atomic mass is 16.5. The van der Waals surface area contributed by atoms with Crippen LogP contribution in [0.5, 0.6) is 17.2 Å². The number of phenols is 1. The van der Waals surface area contributed by atoms with E-state index in [-0.39, 0.29) is 33.7 Å². The van der Waals surface area contributed by atoms with Crippen molar-refractivity contribution >= 4 is 11.0 Å². The van der Waals surface area contributed by atoms with Gasteiger partial charge in [0, 0.05) is 29.3 Å². The fourth-order valence-electron chi connectivity index (χ4n) is 4.22. The van der Waals surface area contributed by atoms with Crippen molar-refractivity contribution in [2.45, 2.75) is 58.8 Å². The smallest absolute Gasteiger partial charge is 0.197 e. The lowest BCUT2D eigenvalue weighted by atomic mass is 9.92. The van der Waals surface area contributed by atoms with Crippen LogP contribution in [0.3, 0.4) is 0 Å². The molecule has 1 aromatic heterocycles. The molecule has 0 bridgehead atoms. The van der Waals surface area contributed by atoms with Gasteiger partial charge in [0.15, 0.2) is 11.5 Å². The number of aliphatic hydroxyl groups is 2. The van der Waals surface area contributed by atoms with Crippen LogP contribution < -0.4 is 14.9 Å². The summed E-state index contributed by atoms with van der Waals surface area (Å²) in [7, 11) is 0. The molecule has 0 fully saturated rings. The second-order valence-corrected chi connectivity index (χ2v) is 9.40. The van der Waals surface area contributed by atoms with Gasteiger partial charge in [-0.3, -0.25) is 4.79 Å². The van der Waals surface area contributed by atoms with Gasteiger partial charge in [0.05, 0.1) is 12.2 Å². The van der Waals surface area contributed by atoms with E-state index in [1.807, 2.05) is 26.0 Å². The van der Waals surface area contributed by atoms with Crippen molar-refractivity contribution in [2.24, 2.45) is 0 Å². The average molecular weight is 467 g/mol. The molecule has 2 heterocycles. The lowest BCUT2D eigenvalue weighted by Gasteiger charge is -2.27. The van der Waals surface area contributed by atoms with Crippen LogP contribution in [-0.4, -0.2) is 33.6 Å². The van der Waals surface area contributed by atoms with Crippen molar-refractivity contribution in [3.05, 3.63) is 63.3 Å². The predicted octanol–water partition coefficient (Wildman–Crippen LogP) is 4.64. The lowest BCUT2D eigenvalue weighted by Crippen LogP contribution is -2.41. The van der Waals surface area contributed by atoms with Gasteiger partial charge in [-0.15, -0.1) is 0 Å². The highest BCUT2D eigenvalue weighted by Crippen LogP contribution is 2.45. The molecule has 0 saturated carbocycles. The van der Waals surface area contributed by atoms with E-state index in [0.29, 0.717) is 29.9 Å². The summed E-state index contributed by atoms with van der Waals surface area (Å²) in [6.07, 6.45) is 0.686. The third kappa shape index (κ3) is 4.41. The van der Waals surface area contributed by atoms with Gasteiger partial charge in [-0.2, -0.15) is 0 Å². The fourth-order valence-corrected chi connectivity index (χ4v) is 4.22. The summed E-state index contributed by atoms with van der Waals surface area (Å²) in [4.78, 5) is 13.0. The first-order valence-electron chi connectivity index (χ1n) is 11.3. The molecule has 180 valence electrons. The molecule has 0 amide bonds. The van der Waals surface area contributed by atoms with Crippen LogP contribution in [0.2, 0.25) is 0 Å². The van der Waals surface area contributed by atoms with Crippen molar-refractivity contribution in [1.29, 1.82) is 0 Å². The average Bonchev–Trinajstić information content (AvgIpc) is 3.08. The summed E-state index contributed by atoms with van der Waals surface area (Å²) in [6.45, 7) is 9.29. The third-order valence-corrected chi connectivity index (χ3v) is 5.83. The van der Waals surface area contributed by atoms with E-state index in [9.17, 15) is 20.1 Å². The Labute approximate surface area is 197 Å². The highest BCUT2D eigenvalue weighted by Gasteiger charge is 2.43. The maximum absolute atomic E-state index is 13.0. The van der Waals surface area contributed by atoms with E-state index in [4.69, 9.17) is 13.9 Å². The van der Waals surface area contributed by atoms with Crippen molar-refractivity contribution in [2.75, 3.05) is 6.61 Å². The summed E-state index contributed by atoms with van der Waals surface area (Å²) < 4.78 is 17.6. The minimum atomic E-state index is -1.27. The molecular formula is C27H30O7. The van der Waals surface area contributed by atoms with Gasteiger partial charge in [-0.1, -0.05) is 11.6 Å². The zero-order valence-corrected chi connectivity index (χ0v) is 20.0. The minimum absolute atomic E-state index is 0.0775. The summed E-state index contributed by atoms with van der Waals surface area (Å²) in [5.41, 5.74) is 1.64. The van der Waals surface area contributed by atoms with Gasteiger partial charge < -0.3 is 29.2 Å². The SMILES string of the molecule is CCOc1cc(O)cc2oc(-c3cc(CC=C(C)C)c4c(c3)C(O)C(C(C)(C)O)O4)cc(=O)c12. The highest BCUT2D eigenvalue weighted by molar-refractivity contribution is 5.86. The molecule has 3 N–H and O–H groups in total. The van der Waals surface area contributed by atoms with Crippen molar-refractivity contribution in [3.63, 3.8) is 0 Å². The van der Waals surface area contributed by atoms with E-state index in [1.54, 1.807) is 26.8 Å². The Hall–Kier alpha value is -3.29. The van der Waals surface area contributed by atoms with Crippen LogP contribution in [-0.2, 0) is 6.42 Å². The molecule has 34 heavy (non-hydrogen) atoms. The summed E-state index contributed by atoms with van der Waals surface area (Å²) in [5.74, 6) is 0.991. The van der Waals surface area contributed by atoms with Gasteiger partial charge in [-0.05, 0) is 58.7 Å². The largest absolute Gasteiger partial charge is 0.508 e. The first kappa shape index (κ1) is 23.9. The minimum Gasteiger partial charge on any atom is -0.508 e. The van der Waals surface area contributed by atoms with Crippen LogP contribution in [0, 0.1) is 0 Å². The maximum Gasteiger partial charge on any atom is 0.197 e. The molecule has 7 heteroatoms. The monoisotopic (exact) mass is 466 g/mol. The number of hydrogen-bond donors (Lipinski definition) is 3. The Morgan fingerprint density at radius 3 is 2.56 bits per heavy atom. The van der Waals surface area contributed by atoms with E-state index in [2.05, 4.69) is 0 Å². The summed E-state index contributed by atoms with van der Waals surface area (Å²) >= 11 is 0. The maximum atomic E-state index is 13.0. The zero-order valence-electron chi connectivity index (χ0n) is 20.0. The van der Waals surface area contributed by atoms with Gasteiger partial charge in [0.25, 0.3) is 0 Å². The second-order valence-electron chi connectivity index (χ2n) is 9.40. The number of ether oxygens (including phenoxy) is 2. The van der Waals surface area contributed by atoms with Crippen molar-refractivity contribution in [3.8, 4) is 28.6 Å². The number of fused-ring (bicyclic) bond motifs is 2. The molecule has 0 aliphatic carbocycles. The molecule has 1 aliphatic heterocycles. The van der Waals surface area contributed by atoms with Gasteiger partial charge in [0.1, 0.15) is 40.1 Å². The molecule has 1 aliphatic rings. The number of allylic oxidation sites excluding steroid dienone is 2. The number of aliphatic hydroxyl groups excluding tert-OH is 1. The van der Waals surface area contributed by atoms with Gasteiger partial charge >= 0.3 is 0 Å². The first-order chi connectivity index (χ1) is 16.0. The van der Waals surface area contributed by atoms with Crippen LogP contribution in [0.1, 0.15) is 51.8 Å². The van der Waals surface area contributed by atoms with Crippen molar-refractivity contribution in [1.82, 2.24) is 0 Å². The zero-order chi connectivity index (χ0) is 24.8. The Kier molecular flexibility index (Phi) is 6.18. The Bertz CT molecular complexity index is 1320. The Morgan fingerprint density at radius 1 is 1.18 bits per heavy atom. The number of benzene rings is 2. The van der Waals surface area contributed by atoms with Gasteiger partial charge in [0.2, 0.25) is 0 Å². The Morgan fingerprint density at radius 2 is 1.91 bits per heavy atom. The molecule has 0 saturated heterocycles. The second kappa shape index (κ2) is 8.81. The summed E-state index contributed by atoms with van der Waals surface area (Å²) in [5, 5.41) is 31.8. The molecule has 2 aromatic carbocycles. The molecular weight excluding hydrogens is 436 g/mol. The fraction of sp³-hybridized carbons (Fsp3) is 0.370. The topological polar surface area (TPSA) is 109 Å². The van der Waals surface area contributed by atoms with Crippen LogP contribution in [0.4, 0.5) is 0 Å². The summed E-state index contributed by atoms with van der Waals surface area (Å²) in [6, 6.07) is 7.72. The molecule has 3 aromatic rings. The number of phenolic OH excluding ortho intramolecular Hbond substituents is 1. The molecule has 0 spiro atoms. The molecule has 4 rings (SSSR count). The first-order valence-corrected chi connectivity index (χ1v) is 11.3. The van der Waals surface area contributed by atoms with Crippen LogP contribution in [0.25, 0.3) is 22.3 Å². The normalized spacial score (nSPS) is 17.4. The Balaban J connectivity index is 1.90. The predicted molar refractivity (Wildman–Crippen MR) is 130 cm³/mol. The number of rotatable bonds is 6. The van der Waals surface area contributed by atoms with E-state index in [0.717, 1.165) is 11.1 Å². The van der Waals surface area contributed by atoms with Crippen LogP contribution in [0.15, 0.2) is 51.2 Å². The third-order valence-electron chi connectivity index (χ3n) is 5.83. The molecule has 2 atom stereocenters. The van der Waals surface area contributed by atoms with E-state index < -0.39 is 17.8 Å². The van der Waals surface area contributed by atoms with Crippen molar-refractivity contribution < 1.29 is 29.2 Å². The van der Waals surface area contributed by atoms with Crippen LogP contribution >= 0.6 is 0 Å². The van der Waals surface area contributed by atoms with E-state index in [1.165, 1.54) is 18.2 Å². The lowest BCUT2D eigenvalue weighted by molar-refractivity contribution is -0.0764. The molecule has 7 nitrogen and oxygen atoms in total. The number of hydrogen-bond acceptors (Lipinski definition) is 7. The van der Waals surface area contributed by atoms with E-state index >= 15 is 0 Å². The standard InChI is InChI=1S/C27H30O7/c1-6-32-21-11-17(28)12-22-23(21)19(29)13-20(33-22)16-9-15(8-7-14(2)3)25-18(10-16)24(30)26(34-25)27(4,5)31/h7,9-13,24,26,28,30-31H,6,8H2,1-5H3. The molecule has 2 unspecified atom stereocenters. The van der Waals surface area contributed by atoms with Gasteiger partial charge in [-0.25, -0.2) is 0 Å².